The molecule has 3 N–H and O–H groups in total. The van der Waals surface area contributed by atoms with E-state index in [-0.39, 0.29) is 30.9 Å². The highest BCUT2D eigenvalue weighted by Crippen LogP contribution is 2.16. The Hall–Kier alpha value is -2.61. The van der Waals surface area contributed by atoms with Gasteiger partial charge in [0.15, 0.2) is 0 Å². The van der Waals surface area contributed by atoms with Gasteiger partial charge in [0.2, 0.25) is 5.91 Å². The highest BCUT2D eigenvalue weighted by molar-refractivity contribution is 5.94. The van der Waals surface area contributed by atoms with E-state index in [0.29, 0.717) is 18.8 Å². The van der Waals surface area contributed by atoms with Gasteiger partial charge in [-0.05, 0) is 51.3 Å². The Morgan fingerprint density at radius 1 is 1.21 bits per heavy atom. The molecule has 1 aromatic rings. The Morgan fingerprint density at radius 3 is 2.68 bits per heavy atom. The summed E-state index contributed by atoms with van der Waals surface area (Å²) >= 11 is 0. The first kappa shape index (κ1) is 21.7. The van der Waals surface area contributed by atoms with Gasteiger partial charge >= 0.3 is 6.09 Å². The zero-order chi connectivity index (χ0) is 20.6. The summed E-state index contributed by atoms with van der Waals surface area (Å²) in [5, 5.41) is 8.17. The average Bonchev–Trinajstić information content (AvgIpc) is 3.13. The number of hydrogen-bond donors (Lipinski definition) is 3. The highest BCUT2D eigenvalue weighted by Gasteiger charge is 2.23. The summed E-state index contributed by atoms with van der Waals surface area (Å²) in [5.41, 5.74) is 0.953. The van der Waals surface area contributed by atoms with Crippen molar-refractivity contribution in [3.8, 4) is 0 Å². The molecule has 154 valence electrons. The van der Waals surface area contributed by atoms with Gasteiger partial charge in [0.1, 0.15) is 11.7 Å². The van der Waals surface area contributed by atoms with E-state index < -0.39 is 11.7 Å². The van der Waals surface area contributed by atoms with Crippen LogP contribution in [0.4, 0.5) is 10.5 Å². The van der Waals surface area contributed by atoms with E-state index in [1.807, 2.05) is 18.2 Å². The van der Waals surface area contributed by atoms with Crippen molar-refractivity contribution in [3.63, 3.8) is 0 Å². The monoisotopic (exact) mass is 391 g/mol. The summed E-state index contributed by atoms with van der Waals surface area (Å²) in [5.74, 6) is -0.336. The standard InChI is InChI=1S/C20H29N3O5/c1-20(2,3)28-19(26)21-10-9-17(24)22-13-14-6-4-7-15(12-14)23-18(25)16-8-5-11-27-16/h4,6-7,12,16H,5,8-11,13H2,1-3H3,(H,21,26)(H,22,24)(H,23,25). The van der Waals surface area contributed by atoms with Crippen molar-refractivity contribution in [1.29, 1.82) is 0 Å². The molecular weight excluding hydrogens is 362 g/mol. The van der Waals surface area contributed by atoms with Crippen molar-refractivity contribution in [1.82, 2.24) is 10.6 Å². The van der Waals surface area contributed by atoms with E-state index in [0.717, 1.165) is 18.4 Å². The van der Waals surface area contributed by atoms with Crippen molar-refractivity contribution in [3.05, 3.63) is 29.8 Å². The largest absolute Gasteiger partial charge is 0.444 e. The number of rotatable bonds is 7. The summed E-state index contributed by atoms with van der Waals surface area (Å²) in [4.78, 5) is 35.6. The van der Waals surface area contributed by atoms with Crippen LogP contribution in [0.5, 0.6) is 0 Å². The molecule has 28 heavy (non-hydrogen) atoms. The summed E-state index contributed by atoms with van der Waals surface area (Å²) < 4.78 is 10.5. The Kier molecular flexibility index (Phi) is 7.80. The lowest BCUT2D eigenvalue weighted by Gasteiger charge is -2.19. The van der Waals surface area contributed by atoms with Gasteiger partial charge in [0.05, 0.1) is 0 Å². The Labute approximate surface area is 165 Å². The molecule has 1 fully saturated rings. The van der Waals surface area contributed by atoms with Crippen LogP contribution < -0.4 is 16.0 Å². The van der Waals surface area contributed by atoms with Crippen LogP contribution >= 0.6 is 0 Å². The molecule has 3 amide bonds. The maximum Gasteiger partial charge on any atom is 0.407 e. The third-order valence-electron chi connectivity index (χ3n) is 3.93. The zero-order valence-corrected chi connectivity index (χ0v) is 16.7. The maximum absolute atomic E-state index is 12.1. The smallest absolute Gasteiger partial charge is 0.407 e. The van der Waals surface area contributed by atoms with Gasteiger partial charge in [0.25, 0.3) is 5.91 Å². The fourth-order valence-corrected chi connectivity index (χ4v) is 2.65. The molecule has 0 spiro atoms. The van der Waals surface area contributed by atoms with Gasteiger partial charge in [0, 0.05) is 31.8 Å². The number of carbonyl (C=O) groups excluding carboxylic acids is 3. The molecule has 0 aromatic heterocycles. The Bertz CT molecular complexity index is 693. The first-order valence-electron chi connectivity index (χ1n) is 9.48. The minimum Gasteiger partial charge on any atom is -0.444 e. The van der Waals surface area contributed by atoms with Crippen LogP contribution in [0.2, 0.25) is 0 Å². The van der Waals surface area contributed by atoms with Crippen LogP contribution in [0.15, 0.2) is 24.3 Å². The average molecular weight is 391 g/mol. The second-order valence-electron chi connectivity index (χ2n) is 7.65. The minimum atomic E-state index is -0.573. The zero-order valence-electron chi connectivity index (χ0n) is 16.7. The molecule has 1 heterocycles. The lowest BCUT2D eigenvalue weighted by atomic mass is 10.2. The number of carbonyl (C=O) groups is 3. The minimum absolute atomic E-state index is 0.146. The topological polar surface area (TPSA) is 106 Å². The van der Waals surface area contributed by atoms with Gasteiger partial charge in [-0.2, -0.15) is 0 Å². The molecule has 0 radical (unpaired) electrons. The molecule has 1 unspecified atom stereocenters. The van der Waals surface area contributed by atoms with Gasteiger partial charge < -0.3 is 25.4 Å². The van der Waals surface area contributed by atoms with Crippen molar-refractivity contribution in [2.75, 3.05) is 18.5 Å². The van der Waals surface area contributed by atoms with E-state index >= 15 is 0 Å². The normalized spacial score (nSPS) is 16.3. The van der Waals surface area contributed by atoms with Crippen molar-refractivity contribution < 1.29 is 23.9 Å². The molecular formula is C20H29N3O5. The molecule has 0 bridgehead atoms. The number of benzene rings is 1. The van der Waals surface area contributed by atoms with Crippen LogP contribution in [0.25, 0.3) is 0 Å². The van der Waals surface area contributed by atoms with E-state index in [4.69, 9.17) is 9.47 Å². The van der Waals surface area contributed by atoms with E-state index in [9.17, 15) is 14.4 Å². The van der Waals surface area contributed by atoms with Gasteiger partial charge in [-0.25, -0.2) is 4.79 Å². The molecule has 1 aliphatic heterocycles. The third-order valence-corrected chi connectivity index (χ3v) is 3.93. The molecule has 8 nitrogen and oxygen atoms in total. The van der Waals surface area contributed by atoms with Gasteiger partial charge in [-0.1, -0.05) is 12.1 Å². The quantitative estimate of drug-likeness (QED) is 0.662. The molecule has 2 rings (SSSR count). The van der Waals surface area contributed by atoms with Crippen LogP contribution in [-0.2, 0) is 25.6 Å². The number of nitrogens with one attached hydrogen (secondary N) is 3. The number of anilines is 1. The summed E-state index contributed by atoms with van der Waals surface area (Å²) in [6, 6.07) is 7.28. The first-order valence-corrected chi connectivity index (χ1v) is 9.48. The number of hydrogen-bond acceptors (Lipinski definition) is 5. The molecule has 8 heteroatoms. The summed E-state index contributed by atoms with van der Waals surface area (Å²) in [6.45, 7) is 6.46. The van der Waals surface area contributed by atoms with Crippen LogP contribution in [-0.4, -0.2) is 42.8 Å². The van der Waals surface area contributed by atoms with Crippen molar-refractivity contribution in [2.45, 2.75) is 58.3 Å². The SMILES string of the molecule is CC(C)(C)OC(=O)NCCC(=O)NCc1cccc(NC(=O)C2CCCO2)c1. The predicted octanol–water partition coefficient (Wildman–Crippen LogP) is 2.34. The van der Waals surface area contributed by atoms with Crippen LogP contribution in [0.1, 0.15) is 45.6 Å². The molecule has 1 aromatic carbocycles. The van der Waals surface area contributed by atoms with E-state index in [2.05, 4.69) is 16.0 Å². The van der Waals surface area contributed by atoms with E-state index in [1.165, 1.54) is 0 Å². The first-order chi connectivity index (χ1) is 13.2. The number of alkyl carbamates (subject to hydrolysis) is 1. The molecule has 0 aliphatic carbocycles. The predicted molar refractivity (Wildman–Crippen MR) is 105 cm³/mol. The summed E-state index contributed by atoms with van der Waals surface area (Å²) in [6.07, 6.45) is 0.844. The fraction of sp³-hybridized carbons (Fsp3) is 0.550. The second kappa shape index (κ2) is 10.1. The Morgan fingerprint density at radius 2 is 2.00 bits per heavy atom. The molecule has 1 aliphatic rings. The maximum atomic E-state index is 12.1. The second-order valence-corrected chi connectivity index (χ2v) is 7.65. The lowest BCUT2D eigenvalue weighted by molar-refractivity contribution is -0.124. The van der Waals surface area contributed by atoms with Crippen LogP contribution in [0.3, 0.4) is 0 Å². The van der Waals surface area contributed by atoms with Crippen molar-refractivity contribution in [2.24, 2.45) is 0 Å². The molecule has 1 saturated heterocycles. The lowest BCUT2D eigenvalue weighted by Crippen LogP contribution is -2.35. The summed E-state index contributed by atoms with van der Waals surface area (Å²) in [7, 11) is 0. The number of ether oxygens (including phenoxy) is 2. The third kappa shape index (κ3) is 7.96. The van der Waals surface area contributed by atoms with Gasteiger partial charge in [-0.15, -0.1) is 0 Å². The number of amides is 3. The highest BCUT2D eigenvalue weighted by atomic mass is 16.6. The molecule has 0 saturated carbocycles. The van der Waals surface area contributed by atoms with Gasteiger partial charge in [-0.3, -0.25) is 9.59 Å². The fourth-order valence-electron chi connectivity index (χ4n) is 2.65. The Balaban J connectivity index is 1.71. The van der Waals surface area contributed by atoms with Crippen LogP contribution in [0, 0.1) is 0 Å². The molecule has 1 atom stereocenters. The van der Waals surface area contributed by atoms with E-state index in [1.54, 1.807) is 26.8 Å². The van der Waals surface area contributed by atoms with Crippen molar-refractivity contribution >= 4 is 23.6 Å².